The molecule has 1 heterocycles. The van der Waals surface area contributed by atoms with Gasteiger partial charge in [0.2, 0.25) is 5.76 Å². The molecule has 0 aliphatic carbocycles. The number of furan rings is 1. The predicted molar refractivity (Wildman–Crippen MR) is 81.6 cm³/mol. The highest BCUT2D eigenvalue weighted by Gasteiger charge is 2.20. The van der Waals surface area contributed by atoms with Gasteiger partial charge in [0.25, 0.3) is 0 Å². The highest BCUT2D eigenvalue weighted by atomic mass is 79.9. The normalized spacial score (nSPS) is 10.7. The number of halogens is 1. The molecule has 5 heteroatoms. The molecule has 0 saturated heterocycles. The lowest BCUT2D eigenvalue weighted by atomic mass is 10.1. The molecular weight excluding hydrogens is 336 g/mol. The Kier molecular flexibility index (Phi) is 3.66. The number of rotatable bonds is 4. The summed E-state index contributed by atoms with van der Waals surface area (Å²) in [6.07, 6.45) is 0. The van der Waals surface area contributed by atoms with E-state index in [1.807, 2.05) is 36.4 Å². The smallest absolute Gasteiger partial charge is 0.372 e. The van der Waals surface area contributed by atoms with Crippen LogP contribution in [0.4, 0.5) is 0 Å². The van der Waals surface area contributed by atoms with E-state index in [4.69, 9.17) is 9.15 Å². The summed E-state index contributed by atoms with van der Waals surface area (Å²) in [5.41, 5.74) is 1.09. The van der Waals surface area contributed by atoms with Crippen LogP contribution in [0.5, 0.6) is 5.75 Å². The molecule has 0 aliphatic heterocycles. The van der Waals surface area contributed by atoms with Crippen molar-refractivity contribution in [2.75, 3.05) is 0 Å². The van der Waals surface area contributed by atoms with E-state index >= 15 is 0 Å². The second-order valence-corrected chi connectivity index (χ2v) is 5.37. The van der Waals surface area contributed by atoms with Crippen molar-refractivity contribution in [1.82, 2.24) is 0 Å². The molecule has 0 amide bonds. The summed E-state index contributed by atoms with van der Waals surface area (Å²) in [6, 6.07) is 14.6. The summed E-state index contributed by atoms with van der Waals surface area (Å²) >= 11 is 3.35. The van der Waals surface area contributed by atoms with Crippen LogP contribution >= 0.6 is 15.9 Å². The van der Waals surface area contributed by atoms with Gasteiger partial charge in [-0.3, -0.25) is 0 Å². The van der Waals surface area contributed by atoms with Gasteiger partial charge in [0.05, 0.1) is 5.56 Å². The van der Waals surface area contributed by atoms with E-state index in [1.165, 1.54) is 0 Å². The van der Waals surface area contributed by atoms with Gasteiger partial charge in [-0.1, -0.05) is 34.1 Å². The molecule has 0 saturated carbocycles. The van der Waals surface area contributed by atoms with Crippen LogP contribution in [0, 0.1) is 0 Å². The Morgan fingerprint density at radius 1 is 1.14 bits per heavy atom. The number of carboxylic acid groups (broad SMARTS) is 1. The minimum absolute atomic E-state index is 0.0756. The molecule has 4 nitrogen and oxygen atoms in total. The van der Waals surface area contributed by atoms with Gasteiger partial charge in [-0.2, -0.15) is 0 Å². The Balaban J connectivity index is 1.93. The number of carboxylic acids is 1. The molecular formula is C16H11BrO4. The van der Waals surface area contributed by atoms with Crippen LogP contribution in [0.3, 0.4) is 0 Å². The van der Waals surface area contributed by atoms with Crippen molar-refractivity contribution in [3.63, 3.8) is 0 Å². The quantitative estimate of drug-likeness (QED) is 0.756. The van der Waals surface area contributed by atoms with Gasteiger partial charge in [-0.15, -0.1) is 0 Å². The number of hydrogen-bond acceptors (Lipinski definition) is 3. The molecule has 0 bridgehead atoms. The fraction of sp³-hybridized carbons (Fsp3) is 0.0625. The molecule has 0 spiro atoms. The summed E-state index contributed by atoms with van der Waals surface area (Å²) in [7, 11) is 0. The van der Waals surface area contributed by atoms with E-state index in [-0.39, 0.29) is 12.4 Å². The summed E-state index contributed by atoms with van der Waals surface area (Å²) in [6.45, 7) is 0.139. The lowest BCUT2D eigenvalue weighted by molar-refractivity contribution is 0.0661. The Bertz CT molecular complexity index is 790. The average Bonchev–Trinajstić information content (AvgIpc) is 2.86. The van der Waals surface area contributed by atoms with Crippen LogP contribution in [0.25, 0.3) is 11.0 Å². The number of fused-ring (bicyclic) bond motifs is 1. The summed E-state index contributed by atoms with van der Waals surface area (Å²) in [4.78, 5) is 11.3. The molecule has 0 radical (unpaired) electrons. The highest BCUT2D eigenvalue weighted by Crippen LogP contribution is 2.27. The first-order chi connectivity index (χ1) is 10.1. The van der Waals surface area contributed by atoms with Crippen molar-refractivity contribution in [3.8, 4) is 5.75 Å². The van der Waals surface area contributed by atoms with Crippen LogP contribution in [-0.4, -0.2) is 11.1 Å². The number of para-hydroxylation sites is 1. The second kappa shape index (κ2) is 5.61. The lowest BCUT2D eigenvalue weighted by Gasteiger charge is -2.06. The first-order valence-electron chi connectivity index (χ1n) is 6.27. The van der Waals surface area contributed by atoms with Crippen molar-refractivity contribution in [2.45, 2.75) is 6.61 Å². The Morgan fingerprint density at radius 2 is 1.86 bits per heavy atom. The molecule has 0 unspecified atom stereocenters. The minimum atomic E-state index is -1.10. The van der Waals surface area contributed by atoms with Crippen molar-refractivity contribution in [1.29, 1.82) is 0 Å². The first-order valence-corrected chi connectivity index (χ1v) is 7.06. The minimum Gasteiger partial charge on any atom is -0.489 e. The van der Waals surface area contributed by atoms with Crippen LogP contribution in [0.1, 0.15) is 16.1 Å². The van der Waals surface area contributed by atoms with Gasteiger partial charge in [0.15, 0.2) is 0 Å². The van der Waals surface area contributed by atoms with Gasteiger partial charge in [-0.05, 0) is 30.3 Å². The van der Waals surface area contributed by atoms with E-state index in [1.54, 1.807) is 12.1 Å². The standard InChI is InChI=1S/C16H11BrO4/c17-10-5-7-11(8-6-10)20-9-13-12-3-1-2-4-14(12)21-15(13)16(18)19/h1-8H,9H2,(H,18,19). The number of aromatic carboxylic acids is 1. The predicted octanol–water partition coefficient (Wildman–Crippen LogP) is 4.47. The van der Waals surface area contributed by atoms with E-state index in [0.717, 1.165) is 9.86 Å². The molecule has 0 atom stereocenters. The zero-order chi connectivity index (χ0) is 14.8. The maximum absolute atomic E-state index is 11.3. The van der Waals surface area contributed by atoms with E-state index in [9.17, 15) is 9.90 Å². The van der Waals surface area contributed by atoms with Gasteiger partial charge >= 0.3 is 5.97 Å². The van der Waals surface area contributed by atoms with E-state index in [2.05, 4.69) is 15.9 Å². The highest BCUT2D eigenvalue weighted by molar-refractivity contribution is 9.10. The summed E-state index contributed by atoms with van der Waals surface area (Å²) < 4.78 is 12.0. The third-order valence-corrected chi connectivity index (χ3v) is 3.62. The molecule has 0 fully saturated rings. The molecule has 106 valence electrons. The van der Waals surface area contributed by atoms with Crippen LogP contribution in [0.15, 0.2) is 57.4 Å². The first kappa shape index (κ1) is 13.7. The second-order valence-electron chi connectivity index (χ2n) is 4.45. The van der Waals surface area contributed by atoms with Crippen LogP contribution in [-0.2, 0) is 6.61 Å². The third-order valence-electron chi connectivity index (χ3n) is 3.09. The van der Waals surface area contributed by atoms with Crippen molar-refractivity contribution >= 4 is 32.9 Å². The number of carbonyl (C=O) groups is 1. The molecule has 1 N–H and O–H groups in total. The van der Waals surface area contributed by atoms with E-state index < -0.39 is 5.97 Å². The van der Waals surface area contributed by atoms with Crippen molar-refractivity contribution in [3.05, 3.63) is 64.3 Å². The Hall–Kier alpha value is -2.27. The molecule has 3 aromatic rings. The number of benzene rings is 2. The fourth-order valence-corrected chi connectivity index (χ4v) is 2.37. The monoisotopic (exact) mass is 346 g/mol. The zero-order valence-corrected chi connectivity index (χ0v) is 12.5. The molecule has 0 aliphatic rings. The van der Waals surface area contributed by atoms with Gasteiger partial charge in [0.1, 0.15) is 17.9 Å². The van der Waals surface area contributed by atoms with Crippen molar-refractivity contribution in [2.24, 2.45) is 0 Å². The maximum Gasteiger partial charge on any atom is 0.372 e. The maximum atomic E-state index is 11.3. The van der Waals surface area contributed by atoms with Crippen LogP contribution in [0.2, 0.25) is 0 Å². The molecule has 1 aromatic heterocycles. The Morgan fingerprint density at radius 3 is 2.57 bits per heavy atom. The fourth-order valence-electron chi connectivity index (χ4n) is 2.10. The van der Waals surface area contributed by atoms with Crippen LogP contribution < -0.4 is 4.74 Å². The van der Waals surface area contributed by atoms with E-state index in [0.29, 0.717) is 16.9 Å². The summed E-state index contributed by atoms with van der Waals surface area (Å²) in [5.74, 6) is -0.506. The molecule has 2 aromatic carbocycles. The van der Waals surface area contributed by atoms with Gasteiger partial charge in [-0.25, -0.2) is 4.79 Å². The molecule has 3 rings (SSSR count). The number of hydrogen-bond donors (Lipinski definition) is 1. The zero-order valence-electron chi connectivity index (χ0n) is 10.9. The number of ether oxygens (including phenoxy) is 1. The average molecular weight is 347 g/mol. The van der Waals surface area contributed by atoms with Gasteiger partial charge < -0.3 is 14.3 Å². The van der Waals surface area contributed by atoms with Crippen molar-refractivity contribution < 1.29 is 19.1 Å². The summed E-state index contributed by atoms with van der Waals surface area (Å²) in [5, 5.41) is 10.0. The largest absolute Gasteiger partial charge is 0.489 e. The molecule has 21 heavy (non-hydrogen) atoms. The van der Waals surface area contributed by atoms with Gasteiger partial charge in [0, 0.05) is 9.86 Å². The lowest BCUT2D eigenvalue weighted by Crippen LogP contribution is -2.03. The topological polar surface area (TPSA) is 59.7 Å². The SMILES string of the molecule is O=C(O)c1oc2ccccc2c1COc1ccc(Br)cc1. The Labute approximate surface area is 129 Å². The third kappa shape index (κ3) is 2.78.